The molecule has 0 spiro atoms. The van der Waals surface area contributed by atoms with Crippen LogP contribution in [0.2, 0.25) is 0 Å². The van der Waals surface area contributed by atoms with E-state index in [0.29, 0.717) is 17.9 Å². The molecule has 3 nitrogen and oxygen atoms in total. The van der Waals surface area contributed by atoms with Crippen LogP contribution >= 0.6 is 15.9 Å². The predicted octanol–water partition coefficient (Wildman–Crippen LogP) is 2.94. The van der Waals surface area contributed by atoms with Crippen LogP contribution in [0.3, 0.4) is 0 Å². The normalized spacial score (nSPS) is 12.0. The standard InChI is InChI=1S/C13H18BrNO2/c1-4-17-12-8-6-5-7-11(12)13(16)15(3)10(2)9-14/h5-8,10H,4,9H2,1-3H3. The predicted molar refractivity (Wildman–Crippen MR) is 73.0 cm³/mol. The molecular weight excluding hydrogens is 282 g/mol. The summed E-state index contributed by atoms with van der Waals surface area (Å²) >= 11 is 3.38. The van der Waals surface area contributed by atoms with Gasteiger partial charge in [-0.2, -0.15) is 0 Å². The van der Waals surface area contributed by atoms with E-state index in [-0.39, 0.29) is 11.9 Å². The Bertz CT molecular complexity index is 381. The fourth-order valence-corrected chi connectivity index (χ4v) is 1.85. The molecule has 0 fully saturated rings. The van der Waals surface area contributed by atoms with Gasteiger partial charge in [-0.1, -0.05) is 28.1 Å². The van der Waals surface area contributed by atoms with Crippen molar-refractivity contribution in [3.8, 4) is 5.75 Å². The van der Waals surface area contributed by atoms with Crippen LogP contribution < -0.4 is 4.74 Å². The average molecular weight is 300 g/mol. The number of hydrogen-bond donors (Lipinski definition) is 0. The van der Waals surface area contributed by atoms with Gasteiger partial charge < -0.3 is 9.64 Å². The summed E-state index contributed by atoms with van der Waals surface area (Å²) in [5.74, 6) is 0.634. The van der Waals surface area contributed by atoms with Crippen molar-refractivity contribution in [1.82, 2.24) is 4.90 Å². The van der Waals surface area contributed by atoms with Gasteiger partial charge in [0.2, 0.25) is 0 Å². The van der Waals surface area contributed by atoms with Crippen LogP contribution in [0.4, 0.5) is 0 Å². The van der Waals surface area contributed by atoms with Crippen molar-refractivity contribution >= 4 is 21.8 Å². The minimum Gasteiger partial charge on any atom is -0.493 e. The van der Waals surface area contributed by atoms with Crippen molar-refractivity contribution < 1.29 is 9.53 Å². The molecule has 0 aliphatic carbocycles. The van der Waals surface area contributed by atoms with E-state index in [4.69, 9.17) is 4.74 Å². The van der Waals surface area contributed by atoms with Crippen molar-refractivity contribution in [2.75, 3.05) is 19.0 Å². The van der Waals surface area contributed by atoms with Gasteiger partial charge in [0.05, 0.1) is 12.2 Å². The lowest BCUT2D eigenvalue weighted by Crippen LogP contribution is -2.36. The zero-order chi connectivity index (χ0) is 12.8. The van der Waals surface area contributed by atoms with Crippen molar-refractivity contribution in [3.63, 3.8) is 0 Å². The molecule has 94 valence electrons. The second kappa shape index (κ2) is 6.64. The number of amides is 1. The highest BCUT2D eigenvalue weighted by Gasteiger charge is 2.19. The Labute approximate surface area is 111 Å². The van der Waals surface area contributed by atoms with Gasteiger partial charge in [-0.3, -0.25) is 4.79 Å². The van der Waals surface area contributed by atoms with Crippen LogP contribution in [-0.4, -0.2) is 35.8 Å². The molecule has 0 saturated carbocycles. The summed E-state index contributed by atoms with van der Waals surface area (Å²) in [7, 11) is 1.80. The molecular formula is C13H18BrNO2. The molecule has 0 N–H and O–H groups in total. The average Bonchev–Trinajstić information content (AvgIpc) is 2.37. The van der Waals surface area contributed by atoms with Crippen molar-refractivity contribution in [3.05, 3.63) is 29.8 Å². The third-order valence-electron chi connectivity index (χ3n) is 2.62. The Hall–Kier alpha value is -1.03. The molecule has 0 aromatic heterocycles. The number of carbonyl (C=O) groups excluding carboxylic acids is 1. The van der Waals surface area contributed by atoms with Gasteiger partial charge in [0.1, 0.15) is 5.75 Å². The number of alkyl halides is 1. The number of hydrogen-bond acceptors (Lipinski definition) is 2. The van der Waals surface area contributed by atoms with Gasteiger partial charge in [0.25, 0.3) is 5.91 Å². The van der Waals surface area contributed by atoms with Crippen LogP contribution in [-0.2, 0) is 0 Å². The zero-order valence-electron chi connectivity index (χ0n) is 10.4. The highest BCUT2D eigenvalue weighted by molar-refractivity contribution is 9.09. The Balaban J connectivity index is 2.95. The van der Waals surface area contributed by atoms with Crippen molar-refractivity contribution in [2.45, 2.75) is 19.9 Å². The highest BCUT2D eigenvalue weighted by Crippen LogP contribution is 2.20. The van der Waals surface area contributed by atoms with Crippen LogP contribution in [0.15, 0.2) is 24.3 Å². The van der Waals surface area contributed by atoms with Gasteiger partial charge in [-0.25, -0.2) is 0 Å². The first kappa shape index (κ1) is 14.0. The SMILES string of the molecule is CCOc1ccccc1C(=O)N(C)C(C)CBr. The van der Waals surface area contributed by atoms with E-state index >= 15 is 0 Å². The van der Waals surface area contributed by atoms with E-state index < -0.39 is 0 Å². The highest BCUT2D eigenvalue weighted by atomic mass is 79.9. The fourth-order valence-electron chi connectivity index (χ4n) is 1.42. The number of carbonyl (C=O) groups is 1. The number of para-hydroxylation sites is 1. The Morgan fingerprint density at radius 3 is 2.71 bits per heavy atom. The Morgan fingerprint density at radius 2 is 2.12 bits per heavy atom. The first-order chi connectivity index (χ1) is 8.11. The first-order valence-corrected chi connectivity index (χ1v) is 6.78. The van der Waals surface area contributed by atoms with Crippen molar-refractivity contribution in [1.29, 1.82) is 0 Å². The summed E-state index contributed by atoms with van der Waals surface area (Å²) < 4.78 is 5.46. The second-order valence-corrected chi connectivity index (χ2v) is 4.50. The molecule has 17 heavy (non-hydrogen) atoms. The summed E-state index contributed by atoms with van der Waals surface area (Å²) in [5.41, 5.74) is 0.615. The fraction of sp³-hybridized carbons (Fsp3) is 0.462. The van der Waals surface area contributed by atoms with Gasteiger partial charge in [-0.05, 0) is 26.0 Å². The number of rotatable bonds is 5. The van der Waals surface area contributed by atoms with Gasteiger partial charge >= 0.3 is 0 Å². The molecule has 1 aromatic rings. The van der Waals surface area contributed by atoms with E-state index in [0.717, 1.165) is 5.33 Å². The molecule has 0 aliphatic heterocycles. The molecule has 4 heteroatoms. The number of halogens is 1. The molecule has 0 bridgehead atoms. The lowest BCUT2D eigenvalue weighted by Gasteiger charge is -2.24. The summed E-state index contributed by atoms with van der Waals surface area (Å²) in [5, 5.41) is 0.756. The minimum absolute atomic E-state index is 0.0130. The number of ether oxygens (including phenoxy) is 1. The molecule has 1 aromatic carbocycles. The number of nitrogens with zero attached hydrogens (tertiary/aromatic N) is 1. The summed E-state index contributed by atoms with van der Waals surface area (Å²) in [4.78, 5) is 14.0. The Morgan fingerprint density at radius 1 is 1.47 bits per heavy atom. The quantitative estimate of drug-likeness (QED) is 0.783. The summed E-state index contributed by atoms with van der Waals surface area (Å²) in [6.07, 6.45) is 0. The van der Waals surface area contributed by atoms with E-state index in [9.17, 15) is 4.79 Å². The largest absolute Gasteiger partial charge is 0.493 e. The van der Waals surface area contributed by atoms with Crippen LogP contribution in [0, 0.1) is 0 Å². The Kier molecular flexibility index (Phi) is 5.48. The molecule has 0 aliphatic rings. The third kappa shape index (κ3) is 3.46. The molecule has 0 heterocycles. The van der Waals surface area contributed by atoms with Gasteiger partial charge in [0.15, 0.2) is 0 Å². The van der Waals surface area contributed by atoms with E-state index in [1.165, 1.54) is 0 Å². The van der Waals surface area contributed by atoms with Crippen molar-refractivity contribution in [2.24, 2.45) is 0 Å². The lowest BCUT2D eigenvalue weighted by molar-refractivity contribution is 0.0754. The molecule has 1 amide bonds. The van der Waals surface area contributed by atoms with Crippen LogP contribution in [0.5, 0.6) is 5.75 Å². The summed E-state index contributed by atoms with van der Waals surface area (Å²) in [6, 6.07) is 7.49. The monoisotopic (exact) mass is 299 g/mol. The maximum atomic E-state index is 12.3. The van der Waals surface area contributed by atoms with E-state index in [1.54, 1.807) is 18.0 Å². The maximum Gasteiger partial charge on any atom is 0.257 e. The second-order valence-electron chi connectivity index (χ2n) is 3.85. The molecule has 0 saturated heterocycles. The van der Waals surface area contributed by atoms with Gasteiger partial charge in [0, 0.05) is 18.4 Å². The summed E-state index contributed by atoms with van der Waals surface area (Å²) in [6.45, 7) is 4.46. The smallest absolute Gasteiger partial charge is 0.257 e. The topological polar surface area (TPSA) is 29.5 Å². The maximum absolute atomic E-state index is 12.3. The molecule has 0 radical (unpaired) electrons. The minimum atomic E-state index is -0.0130. The lowest BCUT2D eigenvalue weighted by atomic mass is 10.1. The third-order valence-corrected chi connectivity index (χ3v) is 3.56. The molecule has 1 atom stereocenters. The molecule has 1 rings (SSSR count). The van der Waals surface area contributed by atoms with Gasteiger partial charge in [-0.15, -0.1) is 0 Å². The zero-order valence-corrected chi connectivity index (χ0v) is 12.0. The first-order valence-electron chi connectivity index (χ1n) is 5.66. The number of benzene rings is 1. The van der Waals surface area contributed by atoms with Crippen LogP contribution in [0.25, 0.3) is 0 Å². The molecule has 1 unspecified atom stereocenters. The van der Waals surface area contributed by atoms with E-state index in [2.05, 4.69) is 15.9 Å². The van der Waals surface area contributed by atoms with Crippen LogP contribution in [0.1, 0.15) is 24.2 Å². The van der Waals surface area contributed by atoms with E-state index in [1.807, 2.05) is 32.0 Å².